The zero-order valence-electron chi connectivity index (χ0n) is 17.8. The maximum Gasteiger partial charge on any atom is 0.282 e. The average Bonchev–Trinajstić information content (AvgIpc) is 3.44. The molecule has 1 fully saturated rings. The van der Waals surface area contributed by atoms with Crippen molar-refractivity contribution in [2.75, 3.05) is 0 Å². The molecule has 5 rings (SSSR count). The van der Waals surface area contributed by atoms with Crippen molar-refractivity contribution in [3.63, 3.8) is 0 Å². The van der Waals surface area contributed by atoms with Crippen LogP contribution >= 0.6 is 0 Å². The molecule has 1 aliphatic carbocycles. The van der Waals surface area contributed by atoms with E-state index in [0.29, 0.717) is 22.4 Å². The van der Waals surface area contributed by atoms with Crippen molar-refractivity contribution >= 4 is 16.8 Å². The van der Waals surface area contributed by atoms with Crippen LogP contribution in [0.1, 0.15) is 65.8 Å². The van der Waals surface area contributed by atoms with Gasteiger partial charge in [0.15, 0.2) is 5.82 Å². The fourth-order valence-corrected chi connectivity index (χ4v) is 4.20. The molecule has 170 valence electrons. The van der Waals surface area contributed by atoms with E-state index in [4.69, 9.17) is 4.52 Å². The summed E-state index contributed by atoms with van der Waals surface area (Å²) in [4.78, 5) is 25.4. The molecular formula is C22H21F2N7O2. The van der Waals surface area contributed by atoms with Gasteiger partial charge in [0.1, 0.15) is 5.69 Å². The van der Waals surface area contributed by atoms with Crippen LogP contribution in [0.2, 0.25) is 0 Å². The van der Waals surface area contributed by atoms with Crippen LogP contribution < -0.4 is 5.32 Å². The first-order valence-electron chi connectivity index (χ1n) is 10.7. The van der Waals surface area contributed by atoms with Crippen LogP contribution in [0.15, 0.2) is 41.2 Å². The predicted octanol–water partition coefficient (Wildman–Crippen LogP) is 3.90. The average molecular weight is 453 g/mol. The third-order valence-corrected chi connectivity index (χ3v) is 5.88. The Bertz CT molecular complexity index is 1280. The fourth-order valence-electron chi connectivity index (χ4n) is 4.20. The third-order valence-electron chi connectivity index (χ3n) is 5.88. The molecule has 11 heteroatoms. The molecule has 33 heavy (non-hydrogen) atoms. The van der Waals surface area contributed by atoms with Crippen LogP contribution in [-0.4, -0.2) is 41.8 Å². The molecule has 1 amide bonds. The van der Waals surface area contributed by atoms with E-state index in [9.17, 15) is 13.6 Å². The quantitative estimate of drug-likeness (QED) is 0.488. The maximum atomic E-state index is 13.4. The first-order valence-corrected chi connectivity index (χ1v) is 10.7. The van der Waals surface area contributed by atoms with Crippen LogP contribution in [-0.2, 0) is 0 Å². The monoisotopic (exact) mass is 453 g/mol. The van der Waals surface area contributed by atoms with Gasteiger partial charge in [-0.25, -0.2) is 18.7 Å². The number of nitrogens with one attached hydrogen (secondary N) is 1. The number of nitrogens with zero attached hydrogens (tertiary/aromatic N) is 6. The second kappa shape index (κ2) is 8.64. The number of halogens is 2. The molecule has 0 aliphatic heterocycles. The van der Waals surface area contributed by atoms with Crippen LogP contribution in [0.5, 0.6) is 0 Å². The van der Waals surface area contributed by atoms with Gasteiger partial charge in [-0.3, -0.25) is 4.79 Å². The van der Waals surface area contributed by atoms with Crippen molar-refractivity contribution in [1.82, 2.24) is 35.2 Å². The van der Waals surface area contributed by atoms with Crippen molar-refractivity contribution in [1.29, 1.82) is 0 Å². The van der Waals surface area contributed by atoms with E-state index in [1.807, 2.05) is 0 Å². The van der Waals surface area contributed by atoms with Gasteiger partial charge in [0, 0.05) is 36.7 Å². The van der Waals surface area contributed by atoms with E-state index in [-0.39, 0.29) is 29.5 Å². The Morgan fingerprint density at radius 3 is 2.55 bits per heavy atom. The Labute approximate surface area is 187 Å². The molecule has 0 bridgehead atoms. The Balaban J connectivity index is 1.26. The number of amides is 1. The zero-order valence-corrected chi connectivity index (χ0v) is 17.8. The first-order chi connectivity index (χ1) is 16.0. The van der Waals surface area contributed by atoms with Gasteiger partial charge in [-0.2, -0.15) is 14.8 Å². The SMILES string of the molecule is Cc1nc(C2CCC(NC(=O)c3cnc(-n4nc(C(F)F)c5ccccc54)nc3)CC2)no1. The molecule has 0 saturated heterocycles. The number of para-hydroxylation sites is 1. The zero-order chi connectivity index (χ0) is 22.9. The Morgan fingerprint density at radius 1 is 1.15 bits per heavy atom. The largest absolute Gasteiger partial charge is 0.349 e. The Morgan fingerprint density at radius 2 is 1.88 bits per heavy atom. The highest BCUT2D eigenvalue weighted by atomic mass is 19.3. The van der Waals surface area contributed by atoms with Crippen molar-refractivity contribution < 1.29 is 18.1 Å². The summed E-state index contributed by atoms with van der Waals surface area (Å²) in [6.07, 6.45) is 3.36. The Kier molecular flexibility index (Phi) is 5.53. The topological polar surface area (TPSA) is 112 Å². The number of aromatic nitrogens is 6. The minimum absolute atomic E-state index is 0.0325. The van der Waals surface area contributed by atoms with Gasteiger partial charge in [0.25, 0.3) is 18.3 Å². The third kappa shape index (κ3) is 4.18. The summed E-state index contributed by atoms with van der Waals surface area (Å²) in [5, 5.41) is 11.3. The lowest BCUT2D eigenvalue weighted by Crippen LogP contribution is -2.37. The summed E-state index contributed by atoms with van der Waals surface area (Å²) in [6.45, 7) is 1.77. The van der Waals surface area contributed by atoms with Crippen LogP contribution in [0.25, 0.3) is 16.9 Å². The smallest absolute Gasteiger partial charge is 0.282 e. The minimum Gasteiger partial charge on any atom is -0.349 e. The highest BCUT2D eigenvalue weighted by Gasteiger charge is 2.27. The van der Waals surface area contributed by atoms with Crippen molar-refractivity contribution in [2.24, 2.45) is 0 Å². The van der Waals surface area contributed by atoms with Gasteiger partial charge in [0.2, 0.25) is 5.89 Å². The van der Waals surface area contributed by atoms with Gasteiger partial charge in [-0.15, -0.1) is 0 Å². The summed E-state index contributed by atoms with van der Waals surface area (Å²) in [7, 11) is 0. The number of rotatable bonds is 5. The van der Waals surface area contributed by atoms with Gasteiger partial charge in [0.05, 0.1) is 11.1 Å². The molecule has 0 atom stereocenters. The predicted molar refractivity (Wildman–Crippen MR) is 113 cm³/mol. The summed E-state index contributed by atoms with van der Waals surface area (Å²) < 4.78 is 33.0. The second-order valence-corrected chi connectivity index (χ2v) is 8.08. The second-order valence-electron chi connectivity index (χ2n) is 8.08. The number of hydrogen-bond acceptors (Lipinski definition) is 7. The number of hydrogen-bond donors (Lipinski definition) is 1. The standard InChI is InChI=1S/C22H21F2N7O2/c1-12-27-20(30-33-12)13-6-8-15(9-7-13)28-21(32)14-10-25-22(26-11-14)31-17-5-3-2-4-16(17)18(29-31)19(23)24/h2-5,10-11,13,15,19H,6-9H2,1H3,(H,28,32). The van der Waals surface area contributed by atoms with E-state index in [1.165, 1.54) is 17.1 Å². The molecule has 0 unspecified atom stereocenters. The van der Waals surface area contributed by atoms with E-state index in [0.717, 1.165) is 31.5 Å². The van der Waals surface area contributed by atoms with E-state index in [1.54, 1.807) is 31.2 Å². The summed E-state index contributed by atoms with van der Waals surface area (Å²) in [5.74, 6) is 1.35. The lowest BCUT2D eigenvalue weighted by molar-refractivity contribution is 0.0924. The molecule has 9 nitrogen and oxygen atoms in total. The van der Waals surface area contributed by atoms with Gasteiger partial charge < -0.3 is 9.84 Å². The summed E-state index contributed by atoms with van der Waals surface area (Å²) >= 11 is 0. The lowest BCUT2D eigenvalue weighted by Gasteiger charge is -2.27. The Hall–Kier alpha value is -3.76. The number of fused-ring (bicyclic) bond motifs is 1. The highest BCUT2D eigenvalue weighted by Crippen LogP contribution is 2.31. The molecule has 1 saturated carbocycles. The van der Waals surface area contributed by atoms with Gasteiger partial charge >= 0.3 is 0 Å². The van der Waals surface area contributed by atoms with Crippen LogP contribution in [0.4, 0.5) is 8.78 Å². The number of carbonyl (C=O) groups is 1. The molecule has 1 aromatic carbocycles. The molecule has 3 heterocycles. The maximum absolute atomic E-state index is 13.4. The number of benzene rings is 1. The molecule has 0 radical (unpaired) electrons. The van der Waals surface area contributed by atoms with E-state index < -0.39 is 6.43 Å². The summed E-state index contributed by atoms with van der Waals surface area (Å²) in [5.41, 5.74) is 0.432. The van der Waals surface area contributed by atoms with Crippen molar-refractivity contribution in [3.8, 4) is 5.95 Å². The molecule has 0 spiro atoms. The van der Waals surface area contributed by atoms with Crippen LogP contribution in [0, 0.1) is 6.92 Å². The van der Waals surface area contributed by atoms with Gasteiger partial charge in [-0.05, 0) is 31.7 Å². The van der Waals surface area contributed by atoms with Gasteiger partial charge in [-0.1, -0.05) is 23.4 Å². The fraction of sp³-hybridized carbons (Fsp3) is 0.364. The molecular weight excluding hydrogens is 432 g/mol. The first kappa shape index (κ1) is 21.1. The highest BCUT2D eigenvalue weighted by molar-refractivity contribution is 5.93. The minimum atomic E-state index is -2.72. The molecule has 1 aliphatic rings. The van der Waals surface area contributed by atoms with Crippen molar-refractivity contribution in [3.05, 3.63) is 59.6 Å². The van der Waals surface area contributed by atoms with Crippen molar-refractivity contribution in [2.45, 2.75) is 51.0 Å². The van der Waals surface area contributed by atoms with Crippen LogP contribution in [0.3, 0.4) is 0 Å². The molecule has 3 aromatic heterocycles. The lowest BCUT2D eigenvalue weighted by atomic mass is 9.85. The molecule has 4 aromatic rings. The summed E-state index contributed by atoms with van der Waals surface area (Å²) in [6, 6.07) is 6.68. The van der Waals surface area contributed by atoms with E-state index in [2.05, 4.69) is 30.5 Å². The van der Waals surface area contributed by atoms with E-state index >= 15 is 0 Å². The number of carbonyl (C=O) groups excluding carboxylic acids is 1. The number of aryl methyl sites for hydroxylation is 1. The normalized spacial score (nSPS) is 18.7. The molecule has 1 N–H and O–H groups in total. The number of alkyl halides is 2.